The van der Waals surface area contributed by atoms with Gasteiger partial charge >= 0.3 is 172 Å². The van der Waals surface area contributed by atoms with E-state index in [0.717, 1.165) is 0 Å². The summed E-state index contributed by atoms with van der Waals surface area (Å²) in [6, 6.07) is 0. The average Bonchev–Trinajstić information content (AvgIpc) is 1.20. The van der Waals surface area contributed by atoms with Gasteiger partial charge in [0.1, 0.15) is 0 Å². The Morgan fingerprint density at radius 1 is 0.900 bits per heavy atom. The Labute approximate surface area is 165 Å². The summed E-state index contributed by atoms with van der Waals surface area (Å²) in [4.78, 5) is 0. The maximum atomic E-state index is 3.56. The summed E-state index contributed by atoms with van der Waals surface area (Å²) in [5, 5.41) is 0. The number of hydrogen-bond acceptors (Lipinski definition) is 0. The van der Waals surface area contributed by atoms with E-state index in [1.165, 1.54) is 0 Å². The summed E-state index contributed by atoms with van der Waals surface area (Å²) < 4.78 is -2.73. The minimum atomic E-state index is -2.72. The summed E-state index contributed by atoms with van der Waals surface area (Å²) in [6.07, 6.45) is 0. The first-order valence-corrected chi connectivity index (χ1v) is 69.0. The maximum absolute atomic E-state index is 3.56. The Balaban J connectivity index is 0. The van der Waals surface area contributed by atoms with E-state index in [-0.39, 0.29) is 51.0 Å². The van der Waals surface area contributed by atoms with Gasteiger partial charge in [0.25, 0.3) is 0 Å². The second-order valence-electron chi connectivity index (χ2n) is 1.76. The molecule has 57 valence electrons. The van der Waals surface area contributed by atoms with Crippen LogP contribution in [0, 0.1) is 0 Å². The van der Waals surface area contributed by atoms with Crippen molar-refractivity contribution < 1.29 is 2.62 Å². The number of rotatable bonds is 0. The van der Waals surface area contributed by atoms with Gasteiger partial charge in [0.2, 0.25) is 0 Å². The molecule has 0 amide bonds. The molecule has 0 N–H and O–H groups in total. The van der Waals surface area contributed by atoms with Crippen LogP contribution in [0.2, 0.25) is 0 Å². The third-order valence-electron chi connectivity index (χ3n) is 0.606. The molecule has 0 atom stereocenters. The molecule has 0 unspecified atom stereocenters. The summed E-state index contributed by atoms with van der Waals surface area (Å²) in [6.45, 7) is 0. The summed E-state index contributed by atoms with van der Waals surface area (Å²) in [7, 11) is 0. The van der Waals surface area contributed by atoms with Crippen LogP contribution in [0.3, 0.4) is 0 Å². The van der Waals surface area contributed by atoms with E-state index < -0.39 is 2.62 Å². The van der Waals surface area contributed by atoms with Gasteiger partial charge in [-0.1, -0.05) is 0 Å². The van der Waals surface area contributed by atoms with E-state index in [2.05, 4.69) is 118 Å². The van der Waals surface area contributed by atoms with Crippen LogP contribution in [0.25, 0.3) is 0 Å². The van der Waals surface area contributed by atoms with Crippen LogP contribution in [0.4, 0.5) is 0 Å². The van der Waals surface area contributed by atoms with Crippen molar-refractivity contribution in [2.24, 2.45) is 0 Å². The number of halogens is 7. The van der Waals surface area contributed by atoms with E-state index >= 15 is 0 Å². The van der Waals surface area contributed by atoms with Crippen molar-refractivity contribution in [3.05, 3.63) is 0 Å². The molecular weight excluding hydrogens is 999 g/mol. The Hall–Kier alpha value is 6.93. The van der Waals surface area contributed by atoms with E-state index in [9.17, 15) is 0 Å². The first kappa shape index (κ1) is 19.3. The van der Waals surface area contributed by atoms with Gasteiger partial charge in [-0.3, -0.25) is 0 Å². The van der Waals surface area contributed by atoms with Crippen molar-refractivity contribution in [2.45, 2.75) is -0.348 Å². The van der Waals surface area contributed by atoms with Crippen LogP contribution in [0.1, 0.15) is 0 Å². The monoisotopic (exact) mass is 998 g/mol. The first-order valence-electron chi connectivity index (χ1n) is 1.99. The van der Waals surface area contributed by atoms with Gasteiger partial charge in [-0.05, 0) is 0 Å². The molecule has 0 nitrogen and oxygen atoms in total. The van der Waals surface area contributed by atoms with Crippen LogP contribution in [-0.4, -0.2) is 51.0 Å². The number of hydrogen-bond donors (Lipinski definition) is 0. The zero-order chi connectivity index (χ0) is 7.95. The predicted molar refractivity (Wildman–Crippen MR) is 92.7 cm³/mol. The second kappa shape index (κ2) is 6.75. The second-order valence-corrected chi connectivity index (χ2v) is 295. The number of alkyl halides is 3. The van der Waals surface area contributed by atoms with Gasteiger partial charge in [0.15, 0.2) is 0 Å². The van der Waals surface area contributed by atoms with Gasteiger partial charge in [-0.15, -0.1) is 0 Å². The van der Waals surface area contributed by atoms with Crippen LogP contribution in [0.15, 0.2) is 0 Å². The molecule has 0 spiro atoms. The first-order chi connectivity index (χ1) is 3.51. The topological polar surface area (TPSA) is 0 Å². The van der Waals surface area contributed by atoms with Gasteiger partial charge in [0.05, 0.1) is 0 Å². The predicted octanol–water partition coefficient (Wildman–Crippen LogP) is 5.22. The molecule has 0 aromatic heterocycles. The fourth-order valence-electron chi connectivity index (χ4n) is 0. The molecule has 0 saturated heterocycles. The molecule has 0 aromatic rings. The molecule has 0 aliphatic carbocycles. The molecule has 0 heterocycles. The molecule has 0 aliphatic heterocycles. The Morgan fingerprint density at radius 2 is 1.00 bits per heavy atom. The molecular formula is CHBr3HgI4K. The molecule has 0 fully saturated rings. The average molecular weight is 1000 g/mol. The third kappa shape index (κ3) is 8.09. The quantitative estimate of drug-likeness (QED) is 0.178. The van der Waals surface area contributed by atoms with Crippen molar-refractivity contribution in [2.75, 3.05) is 0 Å². The van der Waals surface area contributed by atoms with E-state index in [1.807, 2.05) is 0 Å². The normalized spacial score (nSPS) is 14.4. The standard InChI is InChI=1S/CBr3.Hg.4HI.K.H/c2-1(3)4;;;;;;;/h;;4*1H;;/q;+4;;;;;;/p-4. The fraction of sp³-hybridized carbons (Fsp3) is 1.00. The molecule has 0 aromatic carbocycles. The van der Waals surface area contributed by atoms with Crippen LogP contribution < -0.4 is 0 Å². The van der Waals surface area contributed by atoms with Crippen molar-refractivity contribution in [3.63, 3.8) is 0 Å². The molecule has 10 heavy (non-hydrogen) atoms. The van der Waals surface area contributed by atoms with Crippen molar-refractivity contribution in [1.29, 1.82) is 0 Å². The third-order valence-corrected chi connectivity index (χ3v) is 185. The Bertz CT molecular complexity index is 115. The van der Waals surface area contributed by atoms with Crippen molar-refractivity contribution >= 4 is 170 Å². The minimum absolute atomic E-state index is 0. The zero-order valence-corrected chi connectivity index (χ0v) is 22.7. The van der Waals surface area contributed by atoms with Gasteiger partial charge < -0.3 is 0 Å². The van der Waals surface area contributed by atoms with Crippen molar-refractivity contribution in [3.8, 4) is 0 Å². The van der Waals surface area contributed by atoms with E-state index in [4.69, 9.17) is 0 Å². The summed E-state index contributed by atoms with van der Waals surface area (Å²) in [5.41, 5.74) is 0. The molecule has 0 saturated carbocycles. The van der Waals surface area contributed by atoms with Gasteiger partial charge in [0, 0.05) is 0 Å². The molecule has 9 heteroatoms. The van der Waals surface area contributed by atoms with E-state index in [0.29, 0.717) is 0 Å². The fourth-order valence-corrected chi connectivity index (χ4v) is 0. The van der Waals surface area contributed by atoms with Gasteiger partial charge in [-0.2, -0.15) is 0 Å². The van der Waals surface area contributed by atoms with Gasteiger partial charge in [-0.25, -0.2) is 0 Å². The Kier molecular flexibility index (Phi) is 13.0. The molecule has 0 bridgehead atoms. The summed E-state index contributed by atoms with van der Waals surface area (Å²) in [5.74, 6) is 0. The van der Waals surface area contributed by atoms with Crippen LogP contribution in [0.5, 0.6) is 0 Å². The molecule has 0 rings (SSSR count). The van der Waals surface area contributed by atoms with Crippen LogP contribution >= 0.6 is 118 Å². The van der Waals surface area contributed by atoms with Crippen molar-refractivity contribution in [1.82, 2.24) is 0 Å². The SMILES string of the molecule is Br[C](Br)(Br)[Hg]([I])([I])([I])[I].[KH]. The van der Waals surface area contributed by atoms with Crippen LogP contribution in [-0.2, 0) is 2.62 Å². The molecule has 0 aliphatic rings. The summed E-state index contributed by atoms with van der Waals surface area (Å²) >= 11 is 21.0. The molecule has 0 radical (unpaired) electrons. The Morgan fingerprint density at radius 3 is 1.00 bits per heavy atom. The van der Waals surface area contributed by atoms with E-state index in [1.54, 1.807) is 0 Å². The zero-order valence-electron chi connectivity index (χ0n) is 3.85.